The molecular formula is C27H28F2N6O3S. The van der Waals surface area contributed by atoms with Crippen LogP contribution in [0.1, 0.15) is 56.3 Å². The molecule has 6 rings (SSSR count). The molecule has 1 saturated carbocycles. The van der Waals surface area contributed by atoms with E-state index in [4.69, 9.17) is 9.47 Å². The van der Waals surface area contributed by atoms with Crippen molar-refractivity contribution in [2.24, 2.45) is 5.92 Å². The number of imidazole rings is 1. The first-order valence-corrected chi connectivity index (χ1v) is 13.8. The fraction of sp³-hybridized carbons (Fsp3) is 0.407. The molecule has 1 aromatic carbocycles. The SMILES string of the molecule is COc1c(Nc2cc(NC(=O)C3CC3)nc3c2nc(C(F)F)n3C2CCCCO2)cccc1-c1nc(C)cs1. The average molecular weight is 555 g/mol. The standard InChI is InChI=1S/C27H28F2N6O3S/c1-14-13-39-27(30-14)16-6-5-7-17(22(16)37-2)31-18-12-19(33-26(36)15-9-10-15)32-24-21(18)34-25(23(28)29)35(24)20-8-3-4-11-38-20/h5-7,12-13,15,20,23H,3-4,8-11H2,1-2H3,(H2,31,32,33,36). The Labute approximate surface area is 227 Å². The van der Waals surface area contributed by atoms with Crippen molar-refractivity contribution in [2.75, 3.05) is 24.4 Å². The molecule has 39 heavy (non-hydrogen) atoms. The molecule has 2 fully saturated rings. The van der Waals surface area contributed by atoms with Crippen molar-refractivity contribution in [3.63, 3.8) is 0 Å². The molecule has 1 aliphatic heterocycles. The summed E-state index contributed by atoms with van der Waals surface area (Å²) in [4.78, 5) is 26.1. The fourth-order valence-electron chi connectivity index (χ4n) is 4.82. The molecule has 1 unspecified atom stereocenters. The lowest BCUT2D eigenvalue weighted by molar-refractivity contribution is -0.117. The number of para-hydroxylation sites is 1. The fourth-order valence-corrected chi connectivity index (χ4v) is 5.64. The number of aromatic nitrogens is 4. The van der Waals surface area contributed by atoms with E-state index in [1.165, 1.54) is 15.9 Å². The molecule has 3 aromatic heterocycles. The molecule has 4 aromatic rings. The van der Waals surface area contributed by atoms with Gasteiger partial charge >= 0.3 is 0 Å². The number of carbonyl (C=O) groups excluding carboxylic acids is 1. The molecule has 1 saturated heterocycles. The molecule has 0 bridgehead atoms. The number of aryl methyl sites for hydroxylation is 1. The minimum absolute atomic E-state index is 0.0550. The van der Waals surface area contributed by atoms with Crippen molar-refractivity contribution in [3.8, 4) is 16.3 Å². The number of nitrogens with zero attached hydrogens (tertiary/aromatic N) is 4. The minimum Gasteiger partial charge on any atom is -0.494 e. The zero-order valence-electron chi connectivity index (χ0n) is 21.5. The first-order valence-electron chi connectivity index (χ1n) is 12.9. The van der Waals surface area contributed by atoms with Gasteiger partial charge in [-0.15, -0.1) is 11.3 Å². The monoisotopic (exact) mass is 554 g/mol. The van der Waals surface area contributed by atoms with Gasteiger partial charge in [-0.1, -0.05) is 6.07 Å². The number of nitrogens with one attached hydrogen (secondary N) is 2. The molecule has 0 spiro atoms. The Balaban J connectivity index is 1.49. The maximum absolute atomic E-state index is 14.3. The van der Waals surface area contributed by atoms with Crippen LogP contribution in [0, 0.1) is 12.8 Å². The molecule has 2 N–H and O–H groups in total. The van der Waals surface area contributed by atoms with E-state index in [1.54, 1.807) is 13.2 Å². The third-order valence-electron chi connectivity index (χ3n) is 6.85. The molecule has 4 heterocycles. The Bertz CT molecular complexity index is 1530. The molecular weight excluding hydrogens is 526 g/mol. The normalized spacial score (nSPS) is 17.5. The van der Waals surface area contributed by atoms with Gasteiger partial charge in [-0.05, 0) is 51.2 Å². The van der Waals surface area contributed by atoms with Gasteiger partial charge < -0.3 is 20.1 Å². The van der Waals surface area contributed by atoms with Crippen LogP contribution in [0.4, 0.5) is 26.0 Å². The third-order valence-corrected chi connectivity index (χ3v) is 7.85. The Morgan fingerprint density at radius 3 is 2.69 bits per heavy atom. The maximum atomic E-state index is 14.3. The number of fused-ring (bicyclic) bond motifs is 1. The number of thiazole rings is 1. The van der Waals surface area contributed by atoms with Crippen molar-refractivity contribution in [1.29, 1.82) is 0 Å². The summed E-state index contributed by atoms with van der Waals surface area (Å²) >= 11 is 1.50. The number of rotatable bonds is 8. The molecule has 1 amide bonds. The van der Waals surface area contributed by atoms with Crippen LogP contribution in [0.2, 0.25) is 0 Å². The van der Waals surface area contributed by atoms with E-state index < -0.39 is 18.5 Å². The van der Waals surface area contributed by atoms with Gasteiger partial charge in [0.05, 0.1) is 24.0 Å². The summed E-state index contributed by atoms with van der Waals surface area (Å²) in [5, 5.41) is 8.94. The Morgan fingerprint density at radius 2 is 2.03 bits per heavy atom. The van der Waals surface area contributed by atoms with Crippen molar-refractivity contribution >= 4 is 45.6 Å². The van der Waals surface area contributed by atoms with Crippen molar-refractivity contribution in [2.45, 2.75) is 51.7 Å². The largest absolute Gasteiger partial charge is 0.494 e. The number of alkyl halides is 2. The minimum atomic E-state index is -2.84. The third kappa shape index (κ3) is 5.06. The molecule has 1 aliphatic carbocycles. The van der Waals surface area contributed by atoms with Crippen molar-refractivity contribution < 1.29 is 23.0 Å². The highest BCUT2D eigenvalue weighted by Crippen LogP contribution is 2.42. The summed E-state index contributed by atoms with van der Waals surface area (Å²) in [5.41, 5.74) is 3.17. The number of pyridine rings is 1. The number of hydrogen-bond donors (Lipinski definition) is 2. The van der Waals surface area contributed by atoms with Gasteiger partial charge in [-0.2, -0.15) is 0 Å². The van der Waals surface area contributed by atoms with Crippen LogP contribution in [-0.2, 0) is 9.53 Å². The Hall–Kier alpha value is -3.64. The number of hydrogen-bond acceptors (Lipinski definition) is 8. The molecule has 204 valence electrons. The smallest absolute Gasteiger partial charge is 0.295 e. The number of halogens is 2. The van der Waals surface area contributed by atoms with Crippen LogP contribution in [0.5, 0.6) is 5.75 Å². The highest BCUT2D eigenvalue weighted by Gasteiger charge is 2.32. The van der Waals surface area contributed by atoms with E-state index in [0.717, 1.165) is 41.9 Å². The average Bonchev–Trinajstić information content (AvgIpc) is 3.59. The number of anilines is 3. The lowest BCUT2D eigenvalue weighted by Crippen LogP contribution is -2.21. The van der Waals surface area contributed by atoms with Crippen LogP contribution in [0.15, 0.2) is 29.6 Å². The van der Waals surface area contributed by atoms with Crippen LogP contribution < -0.4 is 15.4 Å². The molecule has 12 heteroatoms. The lowest BCUT2D eigenvalue weighted by atomic mass is 10.1. The van der Waals surface area contributed by atoms with E-state index in [9.17, 15) is 13.6 Å². The Morgan fingerprint density at radius 1 is 1.18 bits per heavy atom. The first-order chi connectivity index (χ1) is 18.9. The number of carbonyl (C=O) groups is 1. The quantitative estimate of drug-likeness (QED) is 0.253. The van der Waals surface area contributed by atoms with Crippen LogP contribution in [0.25, 0.3) is 21.7 Å². The van der Waals surface area contributed by atoms with Gasteiger partial charge in [0.1, 0.15) is 22.6 Å². The Kier molecular flexibility index (Phi) is 6.90. The van der Waals surface area contributed by atoms with Gasteiger partial charge in [-0.3, -0.25) is 9.36 Å². The van der Waals surface area contributed by atoms with E-state index in [1.807, 2.05) is 30.5 Å². The molecule has 1 atom stereocenters. The van der Waals surface area contributed by atoms with Gasteiger partial charge in [0, 0.05) is 29.7 Å². The van der Waals surface area contributed by atoms with Crippen LogP contribution in [0.3, 0.4) is 0 Å². The maximum Gasteiger partial charge on any atom is 0.295 e. The summed E-state index contributed by atoms with van der Waals surface area (Å²) in [6, 6.07) is 7.23. The summed E-state index contributed by atoms with van der Waals surface area (Å²) in [5.74, 6) is 0.188. The topological polar surface area (TPSA) is 103 Å². The zero-order chi connectivity index (χ0) is 27.1. The molecule has 9 nitrogen and oxygen atoms in total. The van der Waals surface area contributed by atoms with Crippen LogP contribution >= 0.6 is 11.3 Å². The second kappa shape index (κ2) is 10.5. The van der Waals surface area contributed by atoms with E-state index in [0.29, 0.717) is 30.2 Å². The molecule has 2 aliphatic rings. The van der Waals surface area contributed by atoms with E-state index in [-0.39, 0.29) is 28.8 Å². The van der Waals surface area contributed by atoms with E-state index >= 15 is 0 Å². The number of methoxy groups -OCH3 is 1. The predicted octanol–water partition coefficient (Wildman–Crippen LogP) is 6.60. The van der Waals surface area contributed by atoms with Crippen molar-refractivity contribution in [1.82, 2.24) is 19.5 Å². The van der Waals surface area contributed by atoms with E-state index in [2.05, 4.69) is 25.6 Å². The second-order valence-corrected chi connectivity index (χ2v) is 10.6. The molecule has 0 radical (unpaired) electrons. The summed E-state index contributed by atoms with van der Waals surface area (Å²) in [7, 11) is 1.57. The predicted molar refractivity (Wildman–Crippen MR) is 145 cm³/mol. The summed E-state index contributed by atoms with van der Waals surface area (Å²) in [6.45, 7) is 2.39. The second-order valence-electron chi connectivity index (χ2n) is 9.76. The van der Waals surface area contributed by atoms with Gasteiger partial charge in [0.25, 0.3) is 6.43 Å². The number of amides is 1. The number of ether oxygens (including phenoxy) is 2. The summed E-state index contributed by atoms with van der Waals surface area (Å²) < 4.78 is 41.6. The summed E-state index contributed by atoms with van der Waals surface area (Å²) in [6.07, 6.45) is 0.464. The van der Waals surface area contributed by atoms with Crippen LogP contribution in [-0.4, -0.2) is 39.1 Å². The van der Waals surface area contributed by atoms with Gasteiger partial charge in [0.2, 0.25) is 5.91 Å². The first kappa shape index (κ1) is 25.6. The zero-order valence-corrected chi connectivity index (χ0v) is 22.4. The highest BCUT2D eigenvalue weighted by molar-refractivity contribution is 7.13. The van der Waals surface area contributed by atoms with Crippen molar-refractivity contribution in [3.05, 3.63) is 41.2 Å². The van der Waals surface area contributed by atoms with Gasteiger partial charge in [-0.25, -0.2) is 23.7 Å². The van der Waals surface area contributed by atoms with Gasteiger partial charge in [0.15, 0.2) is 17.2 Å². The highest BCUT2D eigenvalue weighted by atomic mass is 32.1. The number of benzene rings is 1. The lowest BCUT2D eigenvalue weighted by Gasteiger charge is -2.25.